The van der Waals surface area contributed by atoms with Gasteiger partial charge >= 0.3 is 12.1 Å². The standard InChI is InChI=1S/C39H65N5O10/c1-10-11-17-27(41-37(52)30(20-26-15-13-12-14-16-26)44-38(53)54-39(7,8)9)36(51)43-28(18-23(2)3)31(45)21-33(47)40-25(6)35(50)42-29(19-24(4)5)32(46)22-34(48)49/h12-16,23-25,27-32,45-46H,10-11,17-22H2,1-9H3,(H,40,47)(H,41,52)(H,42,50)(H,43,51)(H,44,53)(H,48,49)/t25-,27-,28-,29-,30-,31-,32-/m0/s1. The minimum absolute atomic E-state index is 0.00945. The lowest BCUT2D eigenvalue weighted by Crippen LogP contribution is -2.57. The number of carbonyl (C=O) groups is 6. The van der Waals surface area contributed by atoms with Gasteiger partial charge in [-0.25, -0.2) is 4.79 Å². The average molecular weight is 764 g/mol. The zero-order chi connectivity index (χ0) is 41.2. The van der Waals surface area contributed by atoms with Gasteiger partial charge in [-0.1, -0.05) is 77.8 Å². The van der Waals surface area contributed by atoms with Gasteiger partial charge in [-0.15, -0.1) is 0 Å². The first-order valence-electron chi connectivity index (χ1n) is 18.9. The molecule has 0 saturated heterocycles. The lowest BCUT2D eigenvalue weighted by atomic mass is 9.96. The molecule has 15 nitrogen and oxygen atoms in total. The molecule has 0 heterocycles. The molecular weight excluding hydrogens is 698 g/mol. The van der Waals surface area contributed by atoms with Crippen molar-refractivity contribution in [2.45, 2.75) is 162 Å². The van der Waals surface area contributed by atoms with Crippen LogP contribution in [-0.4, -0.2) is 99.0 Å². The number of carbonyl (C=O) groups excluding carboxylic acids is 5. The summed E-state index contributed by atoms with van der Waals surface area (Å²) in [6.45, 7) is 16.0. The number of hydrogen-bond donors (Lipinski definition) is 8. The highest BCUT2D eigenvalue weighted by molar-refractivity contribution is 5.92. The fraction of sp³-hybridized carbons (Fsp3) is 0.692. The molecule has 0 unspecified atom stereocenters. The molecule has 7 atom stereocenters. The quantitative estimate of drug-likeness (QED) is 0.0812. The van der Waals surface area contributed by atoms with Crippen molar-refractivity contribution in [2.24, 2.45) is 11.8 Å². The number of aliphatic carboxylic acids is 1. The smallest absolute Gasteiger partial charge is 0.408 e. The van der Waals surface area contributed by atoms with Crippen molar-refractivity contribution in [1.29, 1.82) is 0 Å². The van der Waals surface area contributed by atoms with Crippen LogP contribution in [0.3, 0.4) is 0 Å². The summed E-state index contributed by atoms with van der Waals surface area (Å²) in [5.74, 6) is -3.67. The summed E-state index contributed by atoms with van der Waals surface area (Å²) in [4.78, 5) is 77.2. The van der Waals surface area contributed by atoms with E-state index in [2.05, 4.69) is 26.6 Å². The third-order valence-electron chi connectivity index (χ3n) is 8.35. The Morgan fingerprint density at radius 1 is 0.704 bits per heavy atom. The van der Waals surface area contributed by atoms with E-state index in [4.69, 9.17) is 9.84 Å². The fourth-order valence-electron chi connectivity index (χ4n) is 5.71. The van der Waals surface area contributed by atoms with Gasteiger partial charge in [-0.2, -0.15) is 0 Å². The van der Waals surface area contributed by atoms with Crippen LogP contribution in [0, 0.1) is 11.8 Å². The van der Waals surface area contributed by atoms with Crippen molar-refractivity contribution < 1.29 is 48.8 Å². The number of carboxylic acids is 1. The van der Waals surface area contributed by atoms with Gasteiger partial charge < -0.3 is 46.6 Å². The van der Waals surface area contributed by atoms with Gasteiger partial charge in [0.15, 0.2) is 0 Å². The van der Waals surface area contributed by atoms with E-state index >= 15 is 0 Å². The topological polar surface area (TPSA) is 232 Å². The van der Waals surface area contributed by atoms with E-state index in [0.717, 1.165) is 12.0 Å². The van der Waals surface area contributed by atoms with E-state index in [9.17, 15) is 39.0 Å². The SMILES string of the molecule is CCCC[C@H](NC(=O)[C@H](Cc1ccccc1)NC(=O)OC(C)(C)C)C(=O)N[C@@H](CC(C)C)[C@@H](O)CC(=O)N[C@@H](C)C(=O)N[C@@H](CC(C)C)[C@@H](O)CC(=O)O. The normalized spacial score (nSPS) is 15.5. The summed E-state index contributed by atoms with van der Waals surface area (Å²) in [6.07, 6.45) is -2.18. The number of hydrogen-bond acceptors (Lipinski definition) is 9. The molecule has 306 valence electrons. The Bertz CT molecular complexity index is 1350. The first-order chi connectivity index (χ1) is 25.1. The lowest BCUT2D eigenvalue weighted by molar-refractivity contribution is -0.140. The molecule has 0 aliphatic rings. The molecule has 0 spiro atoms. The van der Waals surface area contributed by atoms with Gasteiger partial charge in [0, 0.05) is 6.42 Å². The van der Waals surface area contributed by atoms with Crippen molar-refractivity contribution >= 4 is 35.7 Å². The Morgan fingerprint density at radius 2 is 1.22 bits per heavy atom. The van der Waals surface area contributed by atoms with Crippen molar-refractivity contribution in [1.82, 2.24) is 26.6 Å². The maximum Gasteiger partial charge on any atom is 0.408 e. The lowest BCUT2D eigenvalue weighted by Gasteiger charge is -2.29. The van der Waals surface area contributed by atoms with Crippen LogP contribution < -0.4 is 26.6 Å². The highest BCUT2D eigenvalue weighted by Crippen LogP contribution is 2.15. The van der Waals surface area contributed by atoms with Gasteiger partial charge in [-0.05, 0) is 64.4 Å². The van der Waals surface area contributed by atoms with Crippen LogP contribution >= 0.6 is 0 Å². The van der Waals surface area contributed by atoms with E-state index in [1.165, 1.54) is 6.92 Å². The predicted octanol–water partition coefficient (Wildman–Crippen LogP) is 2.95. The molecule has 0 radical (unpaired) electrons. The van der Waals surface area contributed by atoms with Crippen LogP contribution in [0.4, 0.5) is 4.79 Å². The Hall–Kier alpha value is -4.24. The molecule has 1 aromatic carbocycles. The number of amides is 5. The Morgan fingerprint density at radius 3 is 1.72 bits per heavy atom. The van der Waals surface area contributed by atoms with Crippen LogP contribution in [0.2, 0.25) is 0 Å². The molecule has 0 aromatic heterocycles. The molecule has 5 amide bonds. The number of benzene rings is 1. The molecule has 0 aliphatic heterocycles. The molecular formula is C39H65N5O10. The predicted molar refractivity (Wildman–Crippen MR) is 204 cm³/mol. The van der Waals surface area contributed by atoms with Crippen molar-refractivity contribution in [3.63, 3.8) is 0 Å². The summed E-state index contributed by atoms with van der Waals surface area (Å²) in [6, 6.07) is 4.16. The highest BCUT2D eigenvalue weighted by Gasteiger charge is 2.32. The monoisotopic (exact) mass is 763 g/mol. The number of carboxylic acid groups (broad SMARTS) is 1. The fourth-order valence-corrected chi connectivity index (χ4v) is 5.71. The van der Waals surface area contributed by atoms with Crippen LogP contribution in [-0.2, 0) is 35.1 Å². The van der Waals surface area contributed by atoms with E-state index in [1.54, 1.807) is 20.8 Å². The summed E-state index contributed by atoms with van der Waals surface area (Å²) in [5, 5.41) is 44.0. The average Bonchev–Trinajstić information content (AvgIpc) is 3.04. The molecule has 15 heteroatoms. The second kappa shape index (κ2) is 23.5. The van der Waals surface area contributed by atoms with Crippen LogP contribution in [0.5, 0.6) is 0 Å². The highest BCUT2D eigenvalue weighted by atomic mass is 16.6. The number of alkyl carbamates (subject to hydrolysis) is 1. The van der Waals surface area contributed by atoms with Gasteiger partial charge in [0.05, 0.1) is 37.1 Å². The maximum atomic E-state index is 13.8. The second-order valence-corrected chi connectivity index (χ2v) is 15.8. The largest absolute Gasteiger partial charge is 0.481 e. The summed E-state index contributed by atoms with van der Waals surface area (Å²) in [7, 11) is 0. The van der Waals surface area contributed by atoms with Gasteiger partial charge in [0.25, 0.3) is 0 Å². The van der Waals surface area contributed by atoms with Gasteiger partial charge in [0.2, 0.25) is 23.6 Å². The number of nitrogens with one attached hydrogen (secondary N) is 5. The second-order valence-electron chi connectivity index (χ2n) is 15.8. The maximum absolute atomic E-state index is 13.8. The Kier molecular flexibility index (Phi) is 20.8. The number of aliphatic hydroxyl groups excluding tert-OH is 2. The number of rotatable bonds is 23. The zero-order valence-corrected chi connectivity index (χ0v) is 33.4. The molecule has 0 aliphatic carbocycles. The molecule has 0 bridgehead atoms. The summed E-state index contributed by atoms with van der Waals surface area (Å²) in [5.41, 5.74) is -0.0297. The van der Waals surface area contributed by atoms with Crippen LogP contribution in [0.25, 0.3) is 0 Å². The summed E-state index contributed by atoms with van der Waals surface area (Å²) < 4.78 is 5.39. The van der Waals surface area contributed by atoms with E-state index < -0.39 is 96.6 Å². The van der Waals surface area contributed by atoms with Gasteiger partial charge in [-0.3, -0.25) is 24.0 Å². The summed E-state index contributed by atoms with van der Waals surface area (Å²) >= 11 is 0. The first kappa shape index (κ1) is 47.8. The van der Waals surface area contributed by atoms with E-state index in [1.807, 2.05) is 65.0 Å². The van der Waals surface area contributed by atoms with E-state index in [-0.39, 0.29) is 24.7 Å². The molecule has 1 rings (SSSR count). The molecule has 54 heavy (non-hydrogen) atoms. The molecule has 0 saturated carbocycles. The Labute approximate surface area is 320 Å². The Balaban J connectivity index is 3.09. The number of aliphatic hydroxyl groups is 2. The third-order valence-corrected chi connectivity index (χ3v) is 8.35. The van der Waals surface area contributed by atoms with Gasteiger partial charge in [0.1, 0.15) is 23.7 Å². The first-order valence-corrected chi connectivity index (χ1v) is 18.9. The van der Waals surface area contributed by atoms with Crippen molar-refractivity contribution in [3.8, 4) is 0 Å². The molecule has 1 aromatic rings. The zero-order valence-electron chi connectivity index (χ0n) is 33.4. The van der Waals surface area contributed by atoms with Crippen molar-refractivity contribution in [3.05, 3.63) is 35.9 Å². The number of ether oxygens (including phenoxy) is 1. The third kappa shape index (κ3) is 19.7. The minimum Gasteiger partial charge on any atom is -0.481 e. The van der Waals surface area contributed by atoms with Crippen molar-refractivity contribution in [2.75, 3.05) is 0 Å². The molecule has 8 N–H and O–H groups in total. The molecule has 0 fully saturated rings. The van der Waals surface area contributed by atoms with Crippen LogP contribution in [0.15, 0.2) is 30.3 Å². The minimum atomic E-state index is -1.36. The van der Waals surface area contributed by atoms with E-state index in [0.29, 0.717) is 19.3 Å². The number of unbranched alkanes of at least 4 members (excludes halogenated alkanes) is 1. The van der Waals surface area contributed by atoms with Crippen LogP contribution in [0.1, 0.15) is 113 Å².